The van der Waals surface area contributed by atoms with E-state index in [0.29, 0.717) is 30.5 Å². The van der Waals surface area contributed by atoms with E-state index in [1.54, 1.807) is 26.4 Å². The minimum Gasteiger partial charge on any atom is -0.505 e. The number of rotatable bonds is 8. The number of aromatic nitrogens is 1. The molecule has 2 aliphatic rings. The van der Waals surface area contributed by atoms with Crippen molar-refractivity contribution >= 4 is 45.8 Å². The van der Waals surface area contributed by atoms with Crippen LogP contribution in [0.2, 0.25) is 10.0 Å². The number of fused-ring (bicyclic) bond motifs is 3. The van der Waals surface area contributed by atoms with Gasteiger partial charge in [-0.25, -0.2) is 4.79 Å². The fourth-order valence-corrected chi connectivity index (χ4v) is 7.29. The molecule has 1 N–H and O–H groups in total. The van der Waals surface area contributed by atoms with Crippen LogP contribution >= 0.6 is 23.2 Å². The average Bonchev–Trinajstić information content (AvgIpc) is 3.04. The smallest absolute Gasteiger partial charge is 0.325 e. The highest BCUT2D eigenvalue weighted by Gasteiger charge is 2.38. The van der Waals surface area contributed by atoms with Crippen LogP contribution in [0.15, 0.2) is 54.7 Å². The zero-order valence-electron chi connectivity index (χ0n) is 26.0. The number of phenolic OH excluding ortho intramolecular Hbond substituents is 1. The van der Waals surface area contributed by atoms with Crippen molar-refractivity contribution in [1.82, 2.24) is 14.8 Å². The Morgan fingerprint density at radius 2 is 1.69 bits per heavy atom. The molecule has 236 valence electrons. The maximum atomic E-state index is 14.6. The number of ether oxygens (including phenoxy) is 2. The molecule has 0 saturated heterocycles. The van der Waals surface area contributed by atoms with Crippen LogP contribution in [-0.2, 0) is 13.1 Å². The summed E-state index contributed by atoms with van der Waals surface area (Å²) in [6.45, 7) is 1.86. The molecule has 1 fully saturated rings. The van der Waals surface area contributed by atoms with E-state index in [-0.39, 0.29) is 27.9 Å². The second kappa shape index (κ2) is 12.9. The number of carbonyl (C=O) groups is 1. The van der Waals surface area contributed by atoms with Crippen molar-refractivity contribution in [1.29, 1.82) is 0 Å². The van der Waals surface area contributed by atoms with E-state index >= 15 is 0 Å². The predicted molar refractivity (Wildman–Crippen MR) is 180 cm³/mol. The molecule has 6 rings (SSSR count). The number of benzene rings is 3. The SMILES string of the molecule is COc1ccc(CN2Cc3cnc4ccc(-c5cc(Cl)c(O)c(Cl)c5)cc4c3N(C3CCC(CN(C)C)CC3)C2=O)c(OC)c1. The summed E-state index contributed by atoms with van der Waals surface area (Å²) in [5.41, 5.74) is 5.25. The van der Waals surface area contributed by atoms with Gasteiger partial charge in [0.15, 0.2) is 5.75 Å². The van der Waals surface area contributed by atoms with Gasteiger partial charge in [0.1, 0.15) is 11.5 Å². The standard InChI is InChI=1S/C35H38Cl2N4O4/c1-39(2)18-21-5-9-26(10-6-21)41-33-25(20-40(35(41)43)19-23-7-11-27(44-3)16-32(23)45-4)17-38-31-12-8-22(13-28(31)33)24-14-29(36)34(42)30(37)15-24/h7-8,11-17,21,26,42H,5-6,9-10,18-20H2,1-4H3. The van der Waals surface area contributed by atoms with Crippen molar-refractivity contribution < 1.29 is 19.4 Å². The molecule has 0 unspecified atom stereocenters. The number of methoxy groups -OCH3 is 2. The van der Waals surface area contributed by atoms with Gasteiger partial charge < -0.3 is 24.4 Å². The van der Waals surface area contributed by atoms with Gasteiger partial charge in [-0.2, -0.15) is 0 Å². The number of phenols is 1. The number of urea groups is 1. The molecule has 10 heteroatoms. The number of carbonyl (C=O) groups excluding carboxylic acids is 1. The highest BCUT2D eigenvalue weighted by Crippen LogP contribution is 2.43. The highest BCUT2D eigenvalue weighted by atomic mass is 35.5. The van der Waals surface area contributed by atoms with Gasteiger partial charge in [0.25, 0.3) is 0 Å². The van der Waals surface area contributed by atoms with Crippen LogP contribution in [0.1, 0.15) is 36.8 Å². The fraction of sp³-hybridized carbons (Fsp3) is 0.371. The third-order valence-electron chi connectivity index (χ3n) is 9.00. The molecule has 1 aromatic heterocycles. The maximum Gasteiger partial charge on any atom is 0.325 e. The molecule has 0 radical (unpaired) electrons. The third-order valence-corrected chi connectivity index (χ3v) is 9.58. The molecule has 2 heterocycles. The van der Waals surface area contributed by atoms with Crippen LogP contribution in [0.25, 0.3) is 22.0 Å². The first-order chi connectivity index (χ1) is 21.7. The van der Waals surface area contributed by atoms with Crippen LogP contribution in [-0.4, -0.2) is 66.8 Å². The quantitative estimate of drug-likeness (QED) is 0.209. The molecule has 45 heavy (non-hydrogen) atoms. The molecule has 0 spiro atoms. The predicted octanol–water partition coefficient (Wildman–Crippen LogP) is 7.99. The Bertz CT molecular complexity index is 1720. The third kappa shape index (κ3) is 6.24. The molecule has 0 bridgehead atoms. The first-order valence-electron chi connectivity index (χ1n) is 15.2. The monoisotopic (exact) mass is 648 g/mol. The number of hydrogen-bond donors (Lipinski definition) is 1. The molecule has 2 amide bonds. The summed E-state index contributed by atoms with van der Waals surface area (Å²) in [7, 11) is 7.49. The van der Waals surface area contributed by atoms with Crippen molar-refractivity contribution in [3.63, 3.8) is 0 Å². The maximum absolute atomic E-state index is 14.6. The lowest BCUT2D eigenvalue weighted by molar-refractivity contribution is 0.184. The van der Waals surface area contributed by atoms with Gasteiger partial charge in [0, 0.05) is 41.4 Å². The molecule has 4 aromatic rings. The van der Waals surface area contributed by atoms with E-state index in [4.69, 9.17) is 37.7 Å². The van der Waals surface area contributed by atoms with Gasteiger partial charge in [-0.3, -0.25) is 9.88 Å². The Morgan fingerprint density at radius 3 is 2.36 bits per heavy atom. The Kier molecular flexibility index (Phi) is 9.00. The Hall–Kier alpha value is -3.72. The van der Waals surface area contributed by atoms with Gasteiger partial charge in [0.2, 0.25) is 0 Å². The van der Waals surface area contributed by atoms with E-state index in [9.17, 15) is 9.90 Å². The van der Waals surface area contributed by atoms with Crippen molar-refractivity contribution in [2.24, 2.45) is 5.92 Å². The number of hydrogen-bond acceptors (Lipinski definition) is 6. The molecule has 0 atom stereocenters. The van der Waals surface area contributed by atoms with Crippen LogP contribution in [0.3, 0.4) is 0 Å². The average molecular weight is 650 g/mol. The molecular weight excluding hydrogens is 611 g/mol. The lowest BCUT2D eigenvalue weighted by atomic mass is 9.84. The summed E-state index contributed by atoms with van der Waals surface area (Å²) < 4.78 is 11.1. The lowest BCUT2D eigenvalue weighted by Crippen LogP contribution is -2.52. The van der Waals surface area contributed by atoms with E-state index in [1.807, 2.05) is 46.3 Å². The van der Waals surface area contributed by atoms with Crippen LogP contribution < -0.4 is 14.4 Å². The zero-order chi connectivity index (χ0) is 31.8. The molecule has 1 saturated carbocycles. The van der Waals surface area contributed by atoms with Gasteiger partial charge in [-0.05, 0) is 93.2 Å². The van der Waals surface area contributed by atoms with E-state index in [2.05, 4.69) is 25.1 Å². The minimum atomic E-state index is -0.142. The number of pyridine rings is 1. The first kappa shape index (κ1) is 31.3. The topological polar surface area (TPSA) is 78.4 Å². The van der Waals surface area contributed by atoms with Crippen LogP contribution in [0.5, 0.6) is 17.2 Å². The molecular formula is C35H38Cl2N4O4. The van der Waals surface area contributed by atoms with Crippen LogP contribution in [0, 0.1) is 5.92 Å². The van der Waals surface area contributed by atoms with Gasteiger partial charge in [-0.1, -0.05) is 29.3 Å². The summed E-state index contributed by atoms with van der Waals surface area (Å²) in [6.07, 6.45) is 5.88. The summed E-state index contributed by atoms with van der Waals surface area (Å²) in [5.74, 6) is 1.85. The van der Waals surface area contributed by atoms with Gasteiger partial charge in [0.05, 0.1) is 48.6 Å². The summed E-state index contributed by atoms with van der Waals surface area (Å²) in [6, 6.07) is 15.1. The zero-order valence-corrected chi connectivity index (χ0v) is 27.5. The van der Waals surface area contributed by atoms with E-state index in [0.717, 1.165) is 71.1 Å². The number of nitrogens with zero attached hydrogens (tertiary/aromatic N) is 4. The second-order valence-corrected chi connectivity index (χ2v) is 13.1. The Balaban J connectivity index is 1.43. The lowest BCUT2D eigenvalue weighted by Gasteiger charge is -2.44. The van der Waals surface area contributed by atoms with Crippen molar-refractivity contribution in [2.75, 3.05) is 39.8 Å². The number of aromatic hydroxyl groups is 1. The van der Waals surface area contributed by atoms with E-state index in [1.165, 1.54) is 0 Å². The summed E-state index contributed by atoms with van der Waals surface area (Å²) in [5, 5.41) is 11.4. The first-order valence-corrected chi connectivity index (χ1v) is 16.0. The molecule has 1 aliphatic carbocycles. The Morgan fingerprint density at radius 1 is 0.956 bits per heavy atom. The van der Waals surface area contributed by atoms with Crippen molar-refractivity contribution in [3.8, 4) is 28.4 Å². The molecule has 3 aromatic carbocycles. The van der Waals surface area contributed by atoms with Crippen LogP contribution in [0.4, 0.5) is 10.5 Å². The van der Waals surface area contributed by atoms with Crippen molar-refractivity contribution in [2.45, 2.75) is 44.8 Å². The van der Waals surface area contributed by atoms with Gasteiger partial charge in [-0.15, -0.1) is 0 Å². The summed E-state index contributed by atoms with van der Waals surface area (Å²) in [4.78, 5) is 25.6. The molecule has 8 nitrogen and oxygen atoms in total. The largest absolute Gasteiger partial charge is 0.505 e. The van der Waals surface area contributed by atoms with Crippen molar-refractivity contribution in [3.05, 3.63) is 75.9 Å². The number of anilines is 1. The second-order valence-electron chi connectivity index (χ2n) is 12.3. The normalized spacial score (nSPS) is 18.4. The highest BCUT2D eigenvalue weighted by molar-refractivity contribution is 6.37. The fourth-order valence-electron chi connectivity index (χ4n) is 6.81. The molecule has 1 aliphatic heterocycles. The van der Waals surface area contributed by atoms with E-state index < -0.39 is 0 Å². The Labute approximate surface area is 274 Å². The van der Waals surface area contributed by atoms with Gasteiger partial charge >= 0.3 is 6.03 Å². The minimum absolute atomic E-state index is 0.0231. The number of amides is 2. The number of halogens is 2. The summed E-state index contributed by atoms with van der Waals surface area (Å²) >= 11 is 12.6.